The van der Waals surface area contributed by atoms with Crippen molar-refractivity contribution in [3.05, 3.63) is 50.8 Å². The third-order valence-corrected chi connectivity index (χ3v) is 6.18. The molecular weight excluding hydrogens is 362 g/mol. The van der Waals surface area contributed by atoms with Gasteiger partial charge in [-0.05, 0) is 42.9 Å². The van der Waals surface area contributed by atoms with Gasteiger partial charge in [0.2, 0.25) is 5.91 Å². The van der Waals surface area contributed by atoms with E-state index in [1.165, 1.54) is 20.8 Å². The van der Waals surface area contributed by atoms with Crippen molar-refractivity contribution in [2.45, 2.75) is 39.2 Å². The van der Waals surface area contributed by atoms with Crippen molar-refractivity contribution in [3.63, 3.8) is 0 Å². The zero-order chi connectivity index (χ0) is 19.0. The third-order valence-electron chi connectivity index (χ3n) is 5.01. The fraction of sp³-hybridized carbons (Fsp3) is 0.350. The Morgan fingerprint density at radius 2 is 2.26 bits per heavy atom. The van der Waals surface area contributed by atoms with Gasteiger partial charge in [0.05, 0.1) is 11.1 Å². The lowest BCUT2D eigenvalue weighted by atomic mass is 9.89. The van der Waals surface area contributed by atoms with Crippen molar-refractivity contribution in [3.8, 4) is 6.07 Å². The van der Waals surface area contributed by atoms with Crippen molar-refractivity contribution in [2.24, 2.45) is 5.92 Å². The molecule has 0 aliphatic heterocycles. The van der Waals surface area contributed by atoms with E-state index in [0.717, 1.165) is 24.8 Å². The molecule has 138 valence electrons. The summed E-state index contributed by atoms with van der Waals surface area (Å²) < 4.78 is 6.65. The van der Waals surface area contributed by atoms with E-state index in [2.05, 4.69) is 18.3 Å². The Kier molecular flexibility index (Phi) is 4.58. The minimum Gasteiger partial charge on any atom is -0.408 e. The number of para-hydroxylation sites is 2. The Hall–Kier alpha value is -2.85. The topological polar surface area (TPSA) is 88.0 Å². The van der Waals surface area contributed by atoms with Gasteiger partial charge in [0.25, 0.3) is 0 Å². The predicted molar refractivity (Wildman–Crippen MR) is 104 cm³/mol. The van der Waals surface area contributed by atoms with E-state index in [1.807, 2.05) is 6.07 Å². The summed E-state index contributed by atoms with van der Waals surface area (Å²) in [5, 5.41) is 13.0. The molecule has 2 aromatic heterocycles. The lowest BCUT2D eigenvalue weighted by molar-refractivity contribution is -0.116. The molecule has 0 radical (unpaired) electrons. The number of rotatable bonds is 4. The summed E-state index contributed by atoms with van der Waals surface area (Å²) in [4.78, 5) is 25.6. The van der Waals surface area contributed by atoms with Gasteiger partial charge in [0.15, 0.2) is 5.58 Å². The molecule has 2 heterocycles. The van der Waals surface area contributed by atoms with E-state index in [1.54, 1.807) is 18.2 Å². The molecule has 0 spiro atoms. The summed E-state index contributed by atoms with van der Waals surface area (Å²) in [6.07, 6.45) is 3.05. The maximum atomic E-state index is 12.4. The van der Waals surface area contributed by atoms with E-state index in [9.17, 15) is 14.9 Å². The second-order valence-corrected chi connectivity index (χ2v) is 8.06. The molecule has 0 saturated heterocycles. The van der Waals surface area contributed by atoms with Crippen molar-refractivity contribution < 1.29 is 9.21 Å². The summed E-state index contributed by atoms with van der Waals surface area (Å²) >= 11 is 1.51. The number of fused-ring (bicyclic) bond motifs is 2. The number of nitriles is 1. The number of aromatic nitrogens is 1. The van der Waals surface area contributed by atoms with Crippen LogP contribution in [-0.2, 0) is 24.2 Å². The lowest BCUT2D eigenvalue weighted by Crippen LogP contribution is -2.19. The Morgan fingerprint density at radius 1 is 1.44 bits per heavy atom. The lowest BCUT2D eigenvalue weighted by Gasteiger charge is -2.17. The highest BCUT2D eigenvalue weighted by Crippen LogP contribution is 2.39. The number of carbonyl (C=O) groups is 1. The van der Waals surface area contributed by atoms with Crippen LogP contribution in [0.25, 0.3) is 11.1 Å². The Labute approximate surface area is 160 Å². The van der Waals surface area contributed by atoms with Crippen LogP contribution in [-0.4, -0.2) is 10.5 Å². The molecule has 6 nitrogen and oxygen atoms in total. The van der Waals surface area contributed by atoms with Crippen molar-refractivity contribution in [2.75, 3.05) is 5.32 Å². The maximum absolute atomic E-state index is 12.4. The summed E-state index contributed by atoms with van der Waals surface area (Å²) in [7, 11) is 0. The van der Waals surface area contributed by atoms with Crippen LogP contribution < -0.4 is 11.1 Å². The molecule has 1 aromatic carbocycles. The molecule has 3 aromatic rings. The number of carbonyl (C=O) groups excluding carboxylic acids is 1. The van der Waals surface area contributed by atoms with Gasteiger partial charge < -0.3 is 9.73 Å². The fourth-order valence-electron chi connectivity index (χ4n) is 3.59. The number of hydrogen-bond acceptors (Lipinski definition) is 5. The molecule has 1 aliphatic carbocycles. The van der Waals surface area contributed by atoms with Gasteiger partial charge in [-0.2, -0.15) is 5.26 Å². The minimum absolute atomic E-state index is 0.132. The molecule has 1 aliphatic rings. The molecule has 7 heteroatoms. The van der Waals surface area contributed by atoms with Gasteiger partial charge in [-0.1, -0.05) is 19.1 Å². The summed E-state index contributed by atoms with van der Waals surface area (Å²) in [6, 6.07) is 9.39. The standard InChI is InChI=1S/C20H19N3O3S/c1-12-6-7-13-14(11-21)19(27-17(13)10-12)22-18(24)8-9-23-15-4-2-3-5-16(15)26-20(23)25/h2-5,12H,6-10H2,1H3,(H,22,24). The van der Waals surface area contributed by atoms with E-state index in [0.29, 0.717) is 27.6 Å². The quantitative estimate of drug-likeness (QED) is 0.747. The van der Waals surface area contributed by atoms with Crippen LogP contribution in [0.5, 0.6) is 0 Å². The van der Waals surface area contributed by atoms with E-state index < -0.39 is 5.76 Å². The fourth-order valence-corrected chi connectivity index (χ4v) is 4.96. The number of benzene rings is 1. The molecule has 1 N–H and O–H groups in total. The summed E-state index contributed by atoms with van der Waals surface area (Å²) in [6.45, 7) is 2.44. The molecule has 0 saturated carbocycles. The van der Waals surface area contributed by atoms with Crippen molar-refractivity contribution in [1.29, 1.82) is 5.26 Å². The smallest absolute Gasteiger partial charge is 0.408 e. The average Bonchev–Trinajstić information content (AvgIpc) is 3.15. The number of anilines is 1. The number of nitrogens with one attached hydrogen (secondary N) is 1. The second kappa shape index (κ2) is 7.05. The predicted octanol–water partition coefficient (Wildman–Crippen LogP) is 3.68. The monoisotopic (exact) mass is 381 g/mol. The second-order valence-electron chi connectivity index (χ2n) is 6.95. The minimum atomic E-state index is -0.470. The first-order valence-corrected chi connectivity index (χ1v) is 9.81. The largest absolute Gasteiger partial charge is 0.419 e. The number of oxazole rings is 1. The zero-order valence-electron chi connectivity index (χ0n) is 14.9. The van der Waals surface area contributed by atoms with Crippen LogP contribution >= 0.6 is 11.3 Å². The number of thiophene rings is 1. The van der Waals surface area contributed by atoms with Crippen LogP contribution in [0.2, 0.25) is 0 Å². The highest BCUT2D eigenvalue weighted by atomic mass is 32.1. The van der Waals surface area contributed by atoms with Crippen molar-refractivity contribution in [1.82, 2.24) is 4.57 Å². The van der Waals surface area contributed by atoms with E-state index in [4.69, 9.17) is 4.42 Å². The van der Waals surface area contributed by atoms with Gasteiger partial charge >= 0.3 is 5.76 Å². The summed E-state index contributed by atoms with van der Waals surface area (Å²) in [5.74, 6) is -0.0786. The highest BCUT2D eigenvalue weighted by molar-refractivity contribution is 7.16. The first kappa shape index (κ1) is 17.6. The number of aryl methyl sites for hydroxylation is 1. The van der Waals surface area contributed by atoms with Gasteiger partial charge in [-0.3, -0.25) is 9.36 Å². The van der Waals surface area contributed by atoms with Crippen LogP contribution in [0.1, 0.15) is 35.8 Å². The van der Waals surface area contributed by atoms with Crippen LogP contribution in [0.15, 0.2) is 33.5 Å². The van der Waals surface area contributed by atoms with Gasteiger partial charge in [0.1, 0.15) is 11.1 Å². The Bertz CT molecular complexity index is 1120. The molecule has 0 fully saturated rings. The molecule has 1 unspecified atom stereocenters. The number of amides is 1. The first-order valence-electron chi connectivity index (χ1n) is 8.99. The maximum Gasteiger partial charge on any atom is 0.419 e. The number of hydrogen-bond donors (Lipinski definition) is 1. The van der Waals surface area contributed by atoms with E-state index in [-0.39, 0.29) is 18.9 Å². The average molecular weight is 381 g/mol. The van der Waals surface area contributed by atoms with E-state index >= 15 is 0 Å². The SMILES string of the molecule is CC1CCc2c(sc(NC(=O)CCn3c(=O)oc4ccccc43)c2C#N)C1. The number of nitrogens with zero attached hydrogens (tertiary/aromatic N) is 2. The molecular formula is C20H19N3O3S. The Morgan fingerprint density at radius 3 is 3.07 bits per heavy atom. The zero-order valence-corrected chi connectivity index (χ0v) is 15.8. The molecule has 1 atom stereocenters. The van der Waals surface area contributed by atoms with Gasteiger partial charge in [-0.15, -0.1) is 11.3 Å². The third kappa shape index (κ3) is 3.28. The van der Waals surface area contributed by atoms with Crippen LogP contribution in [0.3, 0.4) is 0 Å². The highest BCUT2D eigenvalue weighted by Gasteiger charge is 2.24. The normalized spacial score (nSPS) is 16.1. The first-order chi connectivity index (χ1) is 13.1. The van der Waals surface area contributed by atoms with Gasteiger partial charge in [0, 0.05) is 17.8 Å². The van der Waals surface area contributed by atoms with Crippen molar-refractivity contribution >= 4 is 33.3 Å². The Balaban J connectivity index is 1.50. The van der Waals surface area contributed by atoms with Crippen LogP contribution in [0, 0.1) is 17.2 Å². The van der Waals surface area contributed by atoms with Gasteiger partial charge in [-0.25, -0.2) is 4.79 Å². The molecule has 27 heavy (non-hydrogen) atoms. The van der Waals surface area contributed by atoms with Crippen LogP contribution in [0.4, 0.5) is 5.00 Å². The summed E-state index contributed by atoms with van der Waals surface area (Å²) in [5.41, 5.74) is 2.87. The molecule has 0 bridgehead atoms. The molecule has 4 rings (SSSR count). The molecule has 1 amide bonds.